The van der Waals surface area contributed by atoms with E-state index in [-0.39, 0.29) is 24.0 Å². The molecular formula is C22H31IN4O2. The summed E-state index contributed by atoms with van der Waals surface area (Å²) in [4.78, 5) is 9.18. The molecule has 1 N–H and O–H groups in total. The summed E-state index contributed by atoms with van der Waals surface area (Å²) in [7, 11) is 5.27. The quantitative estimate of drug-likeness (QED) is 0.367. The third-order valence-electron chi connectivity index (χ3n) is 4.99. The number of guanidine groups is 1. The zero-order valence-corrected chi connectivity index (χ0v) is 19.8. The van der Waals surface area contributed by atoms with Gasteiger partial charge in [-0.05, 0) is 23.3 Å². The summed E-state index contributed by atoms with van der Waals surface area (Å²) < 4.78 is 10.5. The van der Waals surface area contributed by atoms with Crippen molar-refractivity contribution in [3.05, 3.63) is 59.7 Å². The van der Waals surface area contributed by atoms with Crippen molar-refractivity contribution in [2.24, 2.45) is 4.99 Å². The Morgan fingerprint density at radius 1 is 1.00 bits per heavy atom. The Labute approximate surface area is 190 Å². The van der Waals surface area contributed by atoms with E-state index in [2.05, 4.69) is 56.5 Å². The normalized spacial score (nSPS) is 14.4. The van der Waals surface area contributed by atoms with E-state index < -0.39 is 0 Å². The van der Waals surface area contributed by atoms with Crippen LogP contribution in [0.25, 0.3) is 0 Å². The van der Waals surface area contributed by atoms with Crippen LogP contribution in [-0.2, 0) is 17.9 Å². The third-order valence-corrected chi connectivity index (χ3v) is 4.99. The van der Waals surface area contributed by atoms with E-state index in [1.165, 1.54) is 16.8 Å². The first-order valence-electron chi connectivity index (χ1n) is 9.65. The average Bonchev–Trinajstić information content (AvgIpc) is 2.76. The minimum atomic E-state index is 0. The molecule has 0 atom stereocenters. The maximum Gasteiger partial charge on any atom is 0.194 e. The van der Waals surface area contributed by atoms with Crippen molar-refractivity contribution in [1.82, 2.24) is 10.2 Å². The summed E-state index contributed by atoms with van der Waals surface area (Å²) in [5.41, 5.74) is 3.62. The minimum Gasteiger partial charge on any atom is -0.497 e. The van der Waals surface area contributed by atoms with Crippen LogP contribution in [0.3, 0.4) is 0 Å². The van der Waals surface area contributed by atoms with Crippen LogP contribution in [0.15, 0.2) is 53.5 Å². The number of hydrogen-bond acceptors (Lipinski definition) is 4. The lowest BCUT2D eigenvalue weighted by molar-refractivity contribution is 0.185. The van der Waals surface area contributed by atoms with Gasteiger partial charge < -0.3 is 24.6 Å². The van der Waals surface area contributed by atoms with Crippen LogP contribution < -0.4 is 15.0 Å². The van der Waals surface area contributed by atoms with Gasteiger partial charge in [-0.15, -0.1) is 24.0 Å². The van der Waals surface area contributed by atoms with Gasteiger partial charge in [0.15, 0.2) is 5.96 Å². The van der Waals surface area contributed by atoms with Gasteiger partial charge in [-0.2, -0.15) is 0 Å². The standard InChI is InChI=1S/C22H30N4O2.HI/c1-23-22(24-16-18-7-9-19(10-8-18)17-27-2)26-13-11-25(12-14-26)20-5-4-6-21(15-20)28-3;/h4-10,15H,11-14,16-17H2,1-3H3,(H,23,24);1H. The van der Waals surface area contributed by atoms with Crippen LogP contribution in [0.5, 0.6) is 5.75 Å². The highest BCUT2D eigenvalue weighted by Gasteiger charge is 2.20. The van der Waals surface area contributed by atoms with E-state index in [9.17, 15) is 0 Å². The molecule has 2 aromatic rings. The van der Waals surface area contributed by atoms with Crippen LogP contribution in [0, 0.1) is 0 Å². The molecule has 0 radical (unpaired) electrons. The summed E-state index contributed by atoms with van der Waals surface area (Å²) in [6.07, 6.45) is 0. The van der Waals surface area contributed by atoms with Crippen molar-refractivity contribution in [2.75, 3.05) is 52.3 Å². The topological polar surface area (TPSA) is 49.3 Å². The SMILES string of the molecule is CN=C(NCc1ccc(COC)cc1)N1CCN(c2cccc(OC)c2)CC1.I. The highest BCUT2D eigenvalue weighted by Crippen LogP contribution is 2.22. The first-order valence-corrected chi connectivity index (χ1v) is 9.65. The highest BCUT2D eigenvalue weighted by molar-refractivity contribution is 14.0. The van der Waals surface area contributed by atoms with E-state index >= 15 is 0 Å². The fourth-order valence-electron chi connectivity index (χ4n) is 3.42. The number of nitrogens with one attached hydrogen (secondary N) is 1. The number of halogens is 1. The predicted octanol–water partition coefficient (Wildman–Crippen LogP) is 3.36. The van der Waals surface area contributed by atoms with E-state index in [0.29, 0.717) is 6.61 Å². The van der Waals surface area contributed by atoms with Crippen molar-refractivity contribution in [3.8, 4) is 5.75 Å². The molecule has 1 saturated heterocycles. The maximum absolute atomic E-state index is 5.34. The highest BCUT2D eigenvalue weighted by atomic mass is 127. The largest absolute Gasteiger partial charge is 0.497 e. The predicted molar refractivity (Wildman–Crippen MR) is 130 cm³/mol. The molecule has 2 aromatic carbocycles. The second kappa shape index (κ2) is 11.9. The number of nitrogens with zero attached hydrogens (tertiary/aromatic N) is 3. The molecule has 1 aliphatic rings. The van der Waals surface area contributed by atoms with Crippen molar-refractivity contribution >= 4 is 35.6 Å². The Kier molecular flexibility index (Phi) is 9.53. The number of piperazine rings is 1. The monoisotopic (exact) mass is 510 g/mol. The summed E-state index contributed by atoms with van der Waals surface area (Å²) in [5.74, 6) is 1.85. The lowest BCUT2D eigenvalue weighted by Crippen LogP contribution is -2.52. The Balaban J connectivity index is 0.00000300. The number of hydrogen-bond donors (Lipinski definition) is 1. The number of rotatable bonds is 6. The van der Waals surface area contributed by atoms with Crippen LogP contribution in [0.2, 0.25) is 0 Å². The van der Waals surface area contributed by atoms with E-state index in [4.69, 9.17) is 9.47 Å². The Morgan fingerprint density at radius 3 is 2.31 bits per heavy atom. The molecule has 0 aliphatic carbocycles. The van der Waals surface area contributed by atoms with E-state index in [1.54, 1.807) is 14.2 Å². The van der Waals surface area contributed by atoms with Gasteiger partial charge in [0.2, 0.25) is 0 Å². The number of benzene rings is 2. The van der Waals surface area contributed by atoms with E-state index in [0.717, 1.165) is 44.4 Å². The van der Waals surface area contributed by atoms with Crippen molar-refractivity contribution in [3.63, 3.8) is 0 Å². The molecule has 0 unspecified atom stereocenters. The van der Waals surface area contributed by atoms with Gasteiger partial charge in [0.25, 0.3) is 0 Å². The zero-order valence-electron chi connectivity index (χ0n) is 17.4. The van der Waals surface area contributed by atoms with Gasteiger partial charge in [0.1, 0.15) is 5.75 Å². The zero-order chi connectivity index (χ0) is 19.8. The third kappa shape index (κ3) is 6.50. The molecule has 1 heterocycles. The second-order valence-corrected chi connectivity index (χ2v) is 6.83. The first kappa shape index (κ1) is 23.3. The molecule has 1 fully saturated rings. The fourth-order valence-corrected chi connectivity index (χ4v) is 3.42. The van der Waals surface area contributed by atoms with Gasteiger partial charge >= 0.3 is 0 Å². The molecule has 0 bridgehead atoms. The molecule has 7 heteroatoms. The molecule has 6 nitrogen and oxygen atoms in total. The Bertz CT molecular complexity index is 775. The first-order chi connectivity index (χ1) is 13.7. The minimum absolute atomic E-state index is 0. The molecule has 0 saturated carbocycles. The van der Waals surface area contributed by atoms with Crippen molar-refractivity contribution in [1.29, 1.82) is 0 Å². The molecular weight excluding hydrogens is 479 g/mol. The van der Waals surface area contributed by atoms with Gasteiger partial charge in [0, 0.05) is 58.6 Å². The summed E-state index contributed by atoms with van der Waals surface area (Å²) in [6, 6.07) is 16.7. The lowest BCUT2D eigenvalue weighted by atomic mass is 10.1. The Morgan fingerprint density at radius 2 is 1.69 bits per heavy atom. The van der Waals surface area contributed by atoms with Crippen LogP contribution in [0.4, 0.5) is 5.69 Å². The van der Waals surface area contributed by atoms with E-state index in [1.807, 2.05) is 19.2 Å². The molecule has 0 spiro atoms. The molecule has 29 heavy (non-hydrogen) atoms. The molecule has 0 aromatic heterocycles. The van der Waals surface area contributed by atoms with Crippen LogP contribution >= 0.6 is 24.0 Å². The average molecular weight is 510 g/mol. The second-order valence-electron chi connectivity index (χ2n) is 6.83. The maximum atomic E-state index is 5.34. The molecule has 3 rings (SSSR count). The summed E-state index contributed by atoms with van der Waals surface area (Å²) in [6.45, 7) is 5.19. The molecule has 158 valence electrons. The molecule has 0 amide bonds. The number of anilines is 1. The van der Waals surface area contributed by atoms with Crippen LogP contribution in [-0.4, -0.2) is 58.3 Å². The van der Waals surface area contributed by atoms with Gasteiger partial charge in [-0.1, -0.05) is 30.3 Å². The van der Waals surface area contributed by atoms with Crippen molar-refractivity contribution < 1.29 is 9.47 Å². The Hall–Kier alpha value is -2.00. The lowest BCUT2D eigenvalue weighted by Gasteiger charge is -2.37. The number of ether oxygens (including phenoxy) is 2. The van der Waals surface area contributed by atoms with Gasteiger partial charge in [0.05, 0.1) is 13.7 Å². The summed E-state index contributed by atoms with van der Waals surface area (Å²) >= 11 is 0. The number of aliphatic imine (C=N–C) groups is 1. The number of methoxy groups -OCH3 is 2. The van der Waals surface area contributed by atoms with Gasteiger partial charge in [-0.3, -0.25) is 4.99 Å². The van der Waals surface area contributed by atoms with Crippen LogP contribution in [0.1, 0.15) is 11.1 Å². The smallest absolute Gasteiger partial charge is 0.194 e. The van der Waals surface area contributed by atoms with Gasteiger partial charge in [-0.25, -0.2) is 0 Å². The molecule has 1 aliphatic heterocycles. The summed E-state index contributed by atoms with van der Waals surface area (Å²) in [5, 5.41) is 3.49. The fraction of sp³-hybridized carbons (Fsp3) is 0.409. The van der Waals surface area contributed by atoms with Crippen molar-refractivity contribution in [2.45, 2.75) is 13.2 Å².